The second-order valence-corrected chi connectivity index (χ2v) is 2.61. The van der Waals surface area contributed by atoms with E-state index in [1.807, 2.05) is 0 Å². The summed E-state index contributed by atoms with van der Waals surface area (Å²) in [6.45, 7) is 0.498. The summed E-state index contributed by atoms with van der Waals surface area (Å²) in [7, 11) is 0. The number of benzene rings is 1. The Morgan fingerprint density at radius 1 is 1.50 bits per heavy atom. The van der Waals surface area contributed by atoms with Crippen molar-refractivity contribution in [3.8, 4) is 5.75 Å². The third kappa shape index (κ3) is 2.20. The van der Waals surface area contributed by atoms with Crippen LogP contribution in [0.5, 0.6) is 5.75 Å². The molecular weight excluding hydrogens is 187 g/mol. The van der Waals surface area contributed by atoms with Gasteiger partial charge in [0.25, 0.3) is 5.91 Å². The molecule has 14 heavy (non-hydrogen) atoms. The van der Waals surface area contributed by atoms with E-state index in [4.69, 9.17) is 16.2 Å². The van der Waals surface area contributed by atoms with Crippen LogP contribution in [0.1, 0.15) is 10.4 Å². The summed E-state index contributed by atoms with van der Waals surface area (Å²) in [6, 6.07) is 4.06. The predicted octanol–water partition coefficient (Wildman–Crippen LogP) is 0.262. The van der Waals surface area contributed by atoms with Crippen LogP contribution in [0.2, 0.25) is 0 Å². The van der Waals surface area contributed by atoms with Gasteiger partial charge in [0.15, 0.2) is 0 Å². The Morgan fingerprint density at radius 2 is 2.21 bits per heavy atom. The smallest absolute Gasteiger partial charge is 0.255 e. The van der Waals surface area contributed by atoms with E-state index >= 15 is 0 Å². The summed E-state index contributed by atoms with van der Waals surface area (Å²) >= 11 is 0. The Balaban J connectivity index is 3.02. The number of rotatable bonds is 4. The Bertz CT molecular complexity index is 342. The van der Waals surface area contributed by atoms with Crippen LogP contribution < -0.4 is 16.2 Å². The molecule has 0 aromatic heterocycles. The number of hydrogen-bond donors (Lipinski definition) is 2. The first-order valence-electron chi connectivity index (χ1n) is 4.08. The van der Waals surface area contributed by atoms with Gasteiger partial charge in [-0.25, -0.2) is 4.39 Å². The van der Waals surface area contributed by atoms with Gasteiger partial charge in [0, 0.05) is 6.54 Å². The molecule has 0 saturated carbocycles. The van der Waals surface area contributed by atoms with E-state index in [0.717, 1.165) is 6.07 Å². The van der Waals surface area contributed by atoms with Gasteiger partial charge in [-0.15, -0.1) is 0 Å². The highest BCUT2D eigenvalue weighted by Crippen LogP contribution is 2.20. The minimum atomic E-state index is -0.852. The van der Waals surface area contributed by atoms with Crippen LogP contribution in [0.3, 0.4) is 0 Å². The number of carbonyl (C=O) groups excluding carboxylic acids is 1. The van der Waals surface area contributed by atoms with E-state index in [9.17, 15) is 9.18 Å². The van der Waals surface area contributed by atoms with E-state index in [1.165, 1.54) is 12.1 Å². The molecule has 0 heterocycles. The van der Waals surface area contributed by atoms with Crippen LogP contribution in [0.15, 0.2) is 18.2 Å². The van der Waals surface area contributed by atoms with Gasteiger partial charge < -0.3 is 16.2 Å². The summed E-state index contributed by atoms with van der Waals surface area (Å²) in [4.78, 5) is 10.9. The zero-order valence-corrected chi connectivity index (χ0v) is 7.50. The zero-order chi connectivity index (χ0) is 10.6. The van der Waals surface area contributed by atoms with Crippen molar-refractivity contribution in [3.63, 3.8) is 0 Å². The molecule has 0 radical (unpaired) electrons. The lowest BCUT2D eigenvalue weighted by atomic mass is 10.2. The fourth-order valence-corrected chi connectivity index (χ4v) is 1.03. The molecule has 0 saturated heterocycles. The molecule has 0 unspecified atom stereocenters. The molecule has 0 aliphatic rings. The van der Waals surface area contributed by atoms with Crippen molar-refractivity contribution in [2.24, 2.45) is 11.5 Å². The maximum absolute atomic E-state index is 13.1. The molecule has 5 heteroatoms. The number of primary amides is 1. The molecule has 0 aliphatic heterocycles. The maximum Gasteiger partial charge on any atom is 0.255 e. The molecule has 0 aliphatic carbocycles. The van der Waals surface area contributed by atoms with Gasteiger partial charge >= 0.3 is 0 Å². The fourth-order valence-electron chi connectivity index (χ4n) is 1.03. The van der Waals surface area contributed by atoms with Crippen molar-refractivity contribution in [1.82, 2.24) is 0 Å². The predicted molar refractivity (Wildman–Crippen MR) is 49.5 cm³/mol. The third-order valence-corrected chi connectivity index (χ3v) is 1.60. The molecular formula is C9H11FN2O2. The largest absolute Gasteiger partial charge is 0.491 e. The lowest BCUT2D eigenvalue weighted by Crippen LogP contribution is -2.17. The number of amides is 1. The average molecular weight is 198 g/mol. The normalized spacial score (nSPS) is 9.86. The first-order valence-corrected chi connectivity index (χ1v) is 4.08. The topological polar surface area (TPSA) is 78.3 Å². The van der Waals surface area contributed by atoms with Gasteiger partial charge in [-0.3, -0.25) is 4.79 Å². The maximum atomic E-state index is 13.1. The second kappa shape index (κ2) is 4.57. The number of nitrogens with two attached hydrogens (primary N) is 2. The average Bonchev–Trinajstić information content (AvgIpc) is 2.14. The number of halogens is 1. The number of carbonyl (C=O) groups is 1. The third-order valence-electron chi connectivity index (χ3n) is 1.60. The highest BCUT2D eigenvalue weighted by atomic mass is 19.1. The van der Waals surface area contributed by atoms with Gasteiger partial charge in [-0.2, -0.15) is 0 Å². The lowest BCUT2D eigenvalue weighted by Gasteiger charge is -2.08. The molecule has 0 fully saturated rings. The first kappa shape index (κ1) is 10.5. The second-order valence-electron chi connectivity index (χ2n) is 2.61. The Morgan fingerprint density at radius 3 is 2.79 bits per heavy atom. The quantitative estimate of drug-likeness (QED) is 0.728. The molecule has 0 spiro atoms. The summed E-state index contributed by atoms with van der Waals surface area (Å²) in [6.07, 6.45) is 0. The fraction of sp³-hybridized carbons (Fsp3) is 0.222. The molecule has 0 atom stereocenters. The summed E-state index contributed by atoms with van der Waals surface area (Å²) < 4.78 is 18.2. The van der Waals surface area contributed by atoms with Crippen LogP contribution in [-0.4, -0.2) is 19.1 Å². The van der Waals surface area contributed by atoms with Crippen LogP contribution in [0, 0.1) is 5.82 Å². The van der Waals surface area contributed by atoms with Gasteiger partial charge in [0.1, 0.15) is 23.7 Å². The first-order chi connectivity index (χ1) is 6.66. The molecule has 4 N–H and O–H groups in total. The summed E-state index contributed by atoms with van der Waals surface area (Å²) in [5, 5.41) is 0. The van der Waals surface area contributed by atoms with Gasteiger partial charge in [-0.05, 0) is 12.1 Å². The Labute approximate surface area is 80.6 Å². The SMILES string of the molecule is NCCOc1cccc(F)c1C(N)=O. The van der Waals surface area contributed by atoms with Crippen molar-refractivity contribution in [2.45, 2.75) is 0 Å². The van der Waals surface area contributed by atoms with Crippen molar-refractivity contribution >= 4 is 5.91 Å². The van der Waals surface area contributed by atoms with E-state index in [1.54, 1.807) is 0 Å². The van der Waals surface area contributed by atoms with Crippen molar-refractivity contribution in [3.05, 3.63) is 29.6 Å². The van der Waals surface area contributed by atoms with Crippen LogP contribution in [-0.2, 0) is 0 Å². The minimum Gasteiger partial charge on any atom is -0.491 e. The molecule has 0 bridgehead atoms. The molecule has 1 aromatic carbocycles. The summed E-state index contributed by atoms with van der Waals surface area (Å²) in [5.74, 6) is -1.41. The van der Waals surface area contributed by atoms with Crippen LogP contribution >= 0.6 is 0 Å². The standard InChI is InChI=1S/C9H11FN2O2/c10-6-2-1-3-7(14-5-4-11)8(6)9(12)13/h1-3H,4-5,11H2,(H2,12,13). The molecule has 4 nitrogen and oxygen atoms in total. The molecule has 1 aromatic rings. The van der Waals surface area contributed by atoms with E-state index in [2.05, 4.69) is 0 Å². The highest BCUT2D eigenvalue weighted by molar-refractivity contribution is 5.95. The van der Waals surface area contributed by atoms with Crippen molar-refractivity contribution < 1.29 is 13.9 Å². The zero-order valence-electron chi connectivity index (χ0n) is 7.50. The summed E-state index contributed by atoms with van der Waals surface area (Å²) in [5.41, 5.74) is 9.97. The number of hydrogen-bond acceptors (Lipinski definition) is 3. The van der Waals surface area contributed by atoms with Crippen molar-refractivity contribution in [2.75, 3.05) is 13.2 Å². The molecule has 1 amide bonds. The van der Waals surface area contributed by atoms with E-state index in [0.29, 0.717) is 0 Å². The molecule has 1 rings (SSSR count). The van der Waals surface area contributed by atoms with Crippen LogP contribution in [0.25, 0.3) is 0 Å². The Kier molecular flexibility index (Phi) is 3.41. The van der Waals surface area contributed by atoms with Gasteiger partial charge in [0.05, 0.1) is 0 Å². The monoisotopic (exact) mass is 198 g/mol. The Hall–Kier alpha value is -1.62. The lowest BCUT2D eigenvalue weighted by molar-refractivity contribution is 0.0992. The van der Waals surface area contributed by atoms with Crippen molar-refractivity contribution in [1.29, 1.82) is 0 Å². The van der Waals surface area contributed by atoms with Crippen LogP contribution in [0.4, 0.5) is 4.39 Å². The van der Waals surface area contributed by atoms with E-state index < -0.39 is 11.7 Å². The highest BCUT2D eigenvalue weighted by Gasteiger charge is 2.14. The van der Waals surface area contributed by atoms with Gasteiger partial charge in [0.2, 0.25) is 0 Å². The minimum absolute atomic E-state index is 0.128. The molecule has 76 valence electrons. The van der Waals surface area contributed by atoms with E-state index in [-0.39, 0.29) is 24.5 Å². The number of ether oxygens (including phenoxy) is 1. The van der Waals surface area contributed by atoms with Gasteiger partial charge in [-0.1, -0.05) is 6.07 Å².